The molecule has 0 unspecified atom stereocenters. The quantitative estimate of drug-likeness (QED) is 0.444. The zero-order valence-electron chi connectivity index (χ0n) is 5.56. The molecule has 4 nitrogen and oxygen atoms in total. The lowest BCUT2D eigenvalue weighted by atomic mass is 10.0. The second-order valence-corrected chi connectivity index (χ2v) is 2.48. The van der Waals surface area contributed by atoms with Crippen molar-refractivity contribution in [3.63, 3.8) is 0 Å². The van der Waals surface area contributed by atoms with E-state index in [1.165, 1.54) is 0 Å². The number of ether oxygens (including phenoxy) is 1. The molecule has 0 bridgehead atoms. The van der Waals surface area contributed by atoms with E-state index in [-0.39, 0.29) is 25.7 Å². The summed E-state index contributed by atoms with van der Waals surface area (Å²) in [5, 5.41) is 28.2. The first kappa shape index (κ1) is 7.94. The molecular weight excluding hydrogens is 136 g/mol. The highest BCUT2D eigenvalue weighted by Gasteiger charge is 2.21. The van der Waals surface area contributed by atoms with Crippen LogP contribution in [0.15, 0.2) is 0 Å². The Balaban J connectivity index is 2.33. The van der Waals surface area contributed by atoms with Gasteiger partial charge in [-0.2, -0.15) is 0 Å². The second-order valence-electron chi connectivity index (χ2n) is 2.48. The first-order valence-electron chi connectivity index (χ1n) is 3.30. The molecule has 0 aliphatic carbocycles. The fraction of sp³-hybridized carbons (Fsp3) is 1.00. The van der Waals surface area contributed by atoms with E-state index in [1.807, 2.05) is 0 Å². The summed E-state index contributed by atoms with van der Waals surface area (Å²) in [5.41, 5.74) is 0. The van der Waals surface area contributed by atoms with E-state index >= 15 is 0 Å². The van der Waals surface area contributed by atoms with Gasteiger partial charge in [0.25, 0.3) is 0 Å². The van der Waals surface area contributed by atoms with Crippen molar-refractivity contribution in [2.75, 3.05) is 13.2 Å². The van der Waals surface area contributed by atoms with E-state index in [9.17, 15) is 5.11 Å². The number of aliphatic hydroxyl groups excluding tert-OH is 2. The molecule has 2 N–H and O–H groups in total. The van der Waals surface area contributed by atoms with Gasteiger partial charge in [-0.15, -0.1) is 0 Å². The molecule has 3 atom stereocenters. The molecular formula is C6H11O4-. The van der Waals surface area contributed by atoms with E-state index in [1.54, 1.807) is 0 Å². The van der Waals surface area contributed by atoms with Crippen LogP contribution in [0.5, 0.6) is 0 Å². The fourth-order valence-corrected chi connectivity index (χ4v) is 0.953. The molecule has 60 valence electrons. The summed E-state index contributed by atoms with van der Waals surface area (Å²) in [5.74, 6) is 0. The van der Waals surface area contributed by atoms with Gasteiger partial charge in [-0.05, 0) is 6.42 Å². The molecule has 0 aromatic heterocycles. The van der Waals surface area contributed by atoms with Crippen molar-refractivity contribution in [2.45, 2.75) is 24.7 Å². The molecule has 0 radical (unpaired) electrons. The standard InChI is InChI=1S/C6H11O4/c7-2-4-1-5(8)6(9)3-10-4/h4-7,9H,1-3H2/q-1/t4-,5-,6+/m0/s1. The predicted octanol–water partition coefficient (Wildman–Crippen LogP) is -2.14. The number of hydrogen-bond donors (Lipinski definition) is 2. The van der Waals surface area contributed by atoms with Gasteiger partial charge in [-0.1, -0.05) is 6.10 Å². The maximum atomic E-state index is 10.8. The molecule has 1 rings (SSSR count). The maximum Gasteiger partial charge on any atom is 0.0797 e. The summed E-state index contributed by atoms with van der Waals surface area (Å²) in [6.45, 7) is -0.0785. The van der Waals surface area contributed by atoms with E-state index in [0.29, 0.717) is 0 Å². The van der Waals surface area contributed by atoms with Gasteiger partial charge in [0.15, 0.2) is 0 Å². The first-order chi connectivity index (χ1) is 4.74. The molecule has 4 heteroatoms. The van der Waals surface area contributed by atoms with Crippen molar-refractivity contribution < 1.29 is 20.1 Å². The average Bonchev–Trinajstić information content (AvgIpc) is 1.95. The Bertz CT molecular complexity index is 106. The first-order valence-corrected chi connectivity index (χ1v) is 3.30. The van der Waals surface area contributed by atoms with Crippen LogP contribution >= 0.6 is 0 Å². The van der Waals surface area contributed by atoms with Gasteiger partial charge < -0.3 is 20.1 Å². The Morgan fingerprint density at radius 2 is 2.30 bits per heavy atom. The molecule has 1 heterocycles. The van der Waals surface area contributed by atoms with Gasteiger partial charge in [0, 0.05) is 0 Å². The fourth-order valence-electron chi connectivity index (χ4n) is 0.953. The number of rotatable bonds is 1. The minimum atomic E-state index is -0.995. The summed E-state index contributed by atoms with van der Waals surface area (Å²) in [6.07, 6.45) is -2.06. The average molecular weight is 147 g/mol. The minimum absolute atomic E-state index is 0.0550. The molecule has 1 fully saturated rings. The smallest absolute Gasteiger partial charge is 0.0797 e. The Kier molecular flexibility index (Phi) is 2.62. The van der Waals surface area contributed by atoms with Crippen molar-refractivity contribution >= 4 is 0 Å². The van der Waals surface area contributed by atoms with Crippen LogP contribution in [0, 0.1) is 0 Å². The van der Waals surface area contributed by atoms with E-state index in [4.69, 9.17) is 14.9 Å². The van der Waals surface area contributed by atoms with Crippen LogP contribution in [0.1, 0.15) is 6.42 Å². The van der Waals surface area contributed by atoms with Gasteiger partial charge in [-0.3, -0.25) is 0 Å². The number of hydrogen-bond acceptors (Lipinski definition) is 4. The van der Waals surface area contributed by atoms with Gasteiger partial charge in [0.2, 0.25) is 0 Å². The van der Waals surface area contributed by atoms with Crippen molar-refractivity contribution in [3.05, 3.63) is 0 Å². The summed E-state index contributed by atoms with van der Waals surface area (Å²) in [6, 6.07) is 0. The van der Waals surface area contributed by atoms with Gasteiger partial charge in [0.1, 0.15) is 0 Å². The Labute approximate surface area is 59.1 Å². The second kappa shape index (κ2) is 3.30. The third kappa shape index (κ3) is 1.67. The molecule has 1 saturated heterocycles. The lowest BCUT2D eigenvalue weighted by Crippen LogP contribution is -2.49. The monoisotopic (exact) mass is 147 g/mol. The van der Waals surface area contributed by atoms with Gasteiger partial charge in [0.05, 0.1) is 25.4 Å². The molecule has 0 aromatic rings. The highest BCUT2D eigenvalue weighted by atomic mass is 16.5. The normalized spacial score (nSPS) is 41.7. The Morgan fingerprint density at radius 1 is 1.60 bits per heavy atom. The highest BCUT2D eigenvalue weighted by molar-refractivity contribution is 4.75. The van der Waals surface area contributed by atoms with Crippen LogP contribution in [0.25, 0.3) is 0 Å². The van der Waals surface area contributed by atoms with E-state index in [2.05, 4.69) is 0 Å². The molecule has 0 amide bonds. The molecule has 0 aromatic carbocycles. The molecule has 1 aliphatic rings. The van der Waals surface area contributed by atoms with Crippen molar-refractivity contribution in [2.24, 2.45) is 0 Å². The maximum absolute atomic E-state index is 10.8. The van der Waals surface area contributed by atoms with Crippen molar-refractivity contribution in [1.82, 2.24) is 0 Å². The molecule has 0 spiro atoms. The Morgan fingerprint density at radius 3 is 2.80 bits per heavy atom. The summed E-state index contributed by atoms with van der Waals surface area (Å²) >= 11 is 0. The van der Waals surface area contributed by atoms with Crippen LogP contribution in [0.2, 0.25) is 0 Å². The van der Waals surface area contributed by atoms with E-state index < -0.39 is 12.2 Å². The summed E-state index contributed by atoms with van der Waals surface area (Å²) < 4.78 is 4.91. The topological polar surface area (TPSA) is 72.8 Å². The van der Waals surface area contributed by atoms with E-state index in [0.717, 1.165) is 0 Å². The third-order valence-electron chi connectivity index (χ3n) is 1.63. The SMILES string of the molecule is [O-][C@H]1C[C@@H](CO)OC[C@H]1O. The van der Waals surface area contributed by atoms with Gasteiger partial charge >= 0.3 is 0 Å². The lowest BCUT2D eigenvalue weighted by molar-refractivity contribution is -0.452. The molecule has 1 aliphatic heterocycles. The van der Waals surface area contributed by atoms with Crippen LogP contribution in [-0.2, 0) is 4.74 Å². The lowest BCUT2D eigenvalue weighted by Gasteiger charge is -2.36. The summed E-state index contributed by atoms with van der Waals surface area (Å²) in [4.78, 5) is 0. The van der Waals surface area contributed by atoms with Gasteiger partial charge in [-0.25, -0.2) is 0 Å². The third-order valence-corrected chi connectivity index (χ3v) is 1.63. The van der Waals surface area contributed by atoms with Crippen LogP contribution in [0.3, 0.4) is 0 Å². The van der Waals surface area contributed by atoms with Crippen LogP contribution in [-0.4, -0.2) is 41.7 Å². The molecule has 0 saturated carbocycles. The largest absolute Gasteiger partial charge is 0.850 e. The minimum Gasteiger partial charge on any atom is -0.850 e. The zero-order valence-corrected chi connectivity index (χ0v) is 5.56. The zero-order chi connectivity index (χ0) is 7.56. The molecule has 10 heavy (non-hydrogen) atoms. The number of aliphatic hydroxyl groups is 2. The van der Waals surface area contributed by atoms with Crippen LogP contribution in [0.4, 0.5) is 0 Å². The van der Waals surface area contributed by atoms with Crippen LogP contribution < -0.4 is 5.11 Å². The summed E-state index contributed by atoms with van der Waals surface area (Å²) in [7, 11) is 0. The van der Waals surface area contributed by atoms with Crippen molar-refractivity contribution in [1.29, 1.82) is 0 Å². The predicted molar refractivity (Wildman–Crippen MR) is 31.2 cm³/mol. The highest BCUT2D eigenvalue weighted by Crippen LogP contribution is 2.11. The Hall–Kier alpha value is -0.160. The van der Waals surface area contributed by atoms with Crippen molar-refractivity contribution in [3.8, 4) is 0 Å².